The van der Waals surface area contributed by atoms with E-state index in [-0.39, 0.29) is 0 Å². The second-order valence-electron chi connectivity index (χ2n) is 6.72. The van der Waals surface area contributed by atoms with Crippen LogP contribution in [0.15, 0.2) is 30.6 Å². The standard InChI is InChI=1S/C20H24F2N2O/c21-18-10-9-16(12-19(18)22)20-23-13-17(14-24-20)25-11-5-1-2-6-15-7-3-4-8-15/h9-10,12-15H,1-8,11H2. The van der Waals surface area contributed by atoms with Gasteiger partial charge in [0, 0.05) is 5.56 Å². The van der Waals surface area contributed by atoms with Gasteiger partial charge in [-0.15, -0.1) is 0 Å². The topological polar surface area (TPSA) is 35.0 Å². The summed E-state index contributed by atoms with van der Waals surface area (Å²) in [6, 6.07) is 3.62. The van der Waals surface area contributed by atoms with Gasteiger partial charge in [0.2, 0.25) is 0 Å². The monoisotopic (exact) mass is 346 g/mol. The Hall–Kier alpha value is -2.04. The molecule has 0 radical (unpaired) electrons. The van der Waals surface area contributed by atoms with Gasteiger partial charge in [0.25, 0.3) is 0 Å². The molecule has 0 spiro atoms. The van der Waals surface area contributed by atoms with E-state index >= 15 is 0 Å². The molecule has 1 aliphatic carbocycles. The summed E-state index contributed by atoms with van der Waals surface area (Å²) in [5.41, 5.74) is 0.442. The summed E-state index contributed by atoms with van der Waals surface area (Å²) in [6.45, 7) is 0.651. The first-order valence-corrected chi connectivity index (χ1v) is 9.12. The zero-order valence-corrected chi connectivity index (χ0v) is 14.4. The van der Waals surface area contributed by atoms with Crippen molar-refractivity contribution >= 4 is 0 Å². The van der Waals surface area contributed by atoms with Gasteiger partial charge in [-0.25, -0.2) is 18.7 Å². The Kier molecular flexibility index (Phi) is 6.31. The molecule has 0 N–H and O–H groups in total. The van der Waals surface area contributed by atoms with Crippen molar-refractivity contribution in [2.24, 2.45) is 5.92 Å². The molecule has 0 amide bonds. The van der Waals surface area contributed by atoms with Gasteiger partial charge in [0.05, 0.1) is 19.0 Å². The third-order valence-electron chi connectivity index (χ3n) is 4.81. The second-order valence-corrected chi connectivity index (χ2v) is 6.72. The summed E-state index contributed by atoms with van der Waals surface area (Å²) in [4.78, 5) is 8.32. The van der Waals surface area contributed by atoms with Gasteiger partial charge in [-0.2, -0.15) is 0 Å². The molecular formula is C20H24F2N2O. The molecule has 1 saturated carbocycles. The summed E-state index contributed by atoms with van der Waals surface area (Å²) in [6.07, 6.45) is 13.6. The zero-order valence-electron chi connectivity index (χ0n) is 14.4. The summed E-state index contributed by atoms with van der Waals surface area (Å²) < 4.78 is 31.9. The molecular weight excluding hydrogens is 322 g/mol. The van der Waals surface area contributed by atoms with E-state index in [9.17, 15) is 8.78 Å². The maximum absolute atomic E-state index is 13.3. The fraction of sp³-hybridized carbons (Fsp3) is 0.500. The predicted molar refractivity (Wildman–Crippen MR) is 93.3 cm³/mol. The normalized spacial score (nSPS) is 14.8. The SMILES string of the molecule is Fc1ccc(-c2ncc(OCCCCCC3CCCC3)cn2)cc1F. The van der Waals surface area contributed by atoms with Crippen molar-refractivity contribution in [1.29, 1.82) is 0 Å². The average molecular weight is 346 g/mol. The fourth-order valence-electron chi connectivity index (χ4n) is 3.38. The zero-order chi connectivity index (χ0) is 17.5. The van der Waals surface area contributed by atoms with E-state index in [1.54, 1.807) is 12.4 Å². The highest BCUT2D eigenvalue weighted by atomic mass is 19.2. The lowest BCUT2D eigenvalue weighted by atomic mass is 10.0. The Bertz CT molecular complexity index is 670. The van der Waals surface area contributed by atoms with Crippen LogP contribution in [0.1, 0.15) is 51.4 Å². The highest BCUT2D eigenvalue weighted by Gasteiger charge is 2.13. The maximum Gasteiger partial charge on any atom is 0.159 e. The molecule has 0 unspecified atom stereocenters. The molecule has 3 rings (SSSR count). The predicted octanol–water partition coefficient (Wildman–Crippen LogP) is 5.55. The van der Waals surface area contributed by atoms with E-state index in [1.165, 1.54) is 51.0 Å². The van der Waals surface area contributed by atoms with Crippen molar-refractivity contribution in [2.75, 3.05) is 6.61 Å². The maximum atomic E-state index is 13.3. The number of ether oxygens (including phenoxy) is 1. The summed E-state index contributed by atoms with van der Waals surface area (Å²) in [5.74, 6) is 0.124. The van der Waals surface area contributed by atoms with Crippen LogP contribution >= 0.6 is 0 Å². The number of hydrogen-bond donors (Lipinski definition) is 0. The lowest BCUT2D eigenvalue weighted by Crippen LogP contribution is -2.00. The second kappa shape index (κ2) is 8.88. The van der Waals surface area contributed by atoms with Gasteiger partial charge in [0.1, 0.15) is 0 Å². The Morgan fingerprint density at radius 3 is 2.44 bits per heavy atom. The molecule has 0 atom stereocenters. The van der Waals surface area contributed by atoms with Crippen LogP contribution in [-0.4, -0.2) is 16.6 Å². The van der Waals surface area contributed by atoms with Crippen molar-refractivity contribution in [1.82, 2.24) is 9.97 Å². The fourth-order valence-corrected chi connectivity index (χ4v) is 3.38. The van der Waals surface area contributed by atoms with Gasteiger partial charge in [-0.1, -0.05) is 44.9 Å². The van der Waals surface area contributed by atoms with Gasteiger partial charge < -0.3 is 4.74 Å². The number of benzene rings is 1. The van der Waals surface area contributed by atoms with Crippen LogP contribution in [0.2, 0.25) is 0 Å². The van der Waals surface area contributed by atoms with Crippen molar-refractivity contribution < 1.29 is 13.5 Å². The molecule has 0 bridgehead atoms. The van der Waals surface area contributed by atoms with Crippen LogP contribution in [0.25, 0.3) is 11.4 Å². The van der Waals surface area contributed by atoms with Crippen LogP contribution < -0.4 is 4.74 Å². The minimum Gasteiger partial charge on any atom is -0.490 e. The Balaban J connectivity index is 1.39. The molecule has 0 saturated heterocycles. The van der Waals surface area contributed by atoms with Crippen LogP contribution in [-0.2, 0) is 0 Å². The van der Waals surface area contributed by atoms with E-state index in [0.29, 0.717) is 23.7 Å². The van der Waals surface area contributed by atoms with Gasteiger partial charge in [-0.05, 0) is 30.5 Å². The largest absolute Gasteiger partial charge is 0.490 e. The van der Waals surface area contributed by atoms with Gasteiger partial charge in [-0.3, -0.25) is 0 Å². The molecule has 1 aromatic carbocycles. The Morgan fingerprint density at radius 1 is 0.960 bits per heavy atom. The van der Waals surface area contributed by atoms with Gasteiger partial charge in [0.15, 0.2) is 23.2 Å². The van der Waals surface area contributed by atoms with Crippen molar-refractivity contribution in [3.63, 3.8) is 0 Å². The number of nitrogens with zero attached hydrogens (tertiary/aromatic N) is 2. The van der Waals surface area contributed by atoms with E-state index in [0.717, 1.165) is 24.5 Å². The lowest BCUT2D eigenvalue weighted by molar-refractivity contribution is 0.300. The van der Waals surface area contributed by atoms with Crippen LogP contribution in [0.3, 0.4) is 0 Å². The number of halogens is 2. The Labute approximate surface area is 147 Å². The molecule has 1 fully saturated rings. The third kappa shape index (κ3) is 5.21. The third-order valence-corrected chi connectivity index (χ3v) is 4.81. The molecule has 5 heteroatoms. The number of aromatic nitrogens is 2. The summed E-state index contributed by atoms with van der Waals surface area (Å²) in [5, 5.41) is 0. The molecule has 1 aromatic heterocycles. The highest BCUT2D eigenvalue weighted by Crippen LogP contribution is 2.29. The van der Waals surface area contributed by atoms with E-state index in [2.05, 4.69) is 9.97 Å². The molecule has 1 aliphatic rings. The average Bonchev–Trinajstić information content (AvgIpc) is 3.14. The quantitative estimate of drug-likeness (QED) is 0.588. The number of rotatable bonds is 8. The molecule has 3 nitrogen and oxygen atoms in total. The first kappa shape index (κ1) is 17.8. The van der Waals surface area contributed by atoms with E-state index in [1.807, 2.05) is 0 Å². The minimum absolute atomic E-state index is 0.350. The van der Waals surface area contributed by atoms with Crippen LogP contribution in [0.4, 0.5) is 8.78 Å². The van der Waals surface area contributed by atoms with Crippen molar-refractivity contribution in [3.8, 4) is 17.1 Å². The van der Waals surface area contributed by atoms with Crippen LogP contribution in [0.5, 0.6) is 5.75 Å². The smallest absolute Gasteiger partial charge is 0.159 e. The lowest BCUT2D eigenvalue weighted by Gasteiger charge is -2.09. The molecule has 25 heavy (non-hydrogen) atoms. The minimum atomic E-state index is -0.904. The van der Waals surface area contributed by atoms with Crippen LogP contribution in [0, 0.1) is 17.6 Å². The van der Waals surface area contributed by atoms with Crippen molar-refractivity contribution in [3.05, 3.63) is 42.2 Å². The summed E-state index contributed by atoms with van der Waals surface area (Å²) in [7, 11) is 0. The first-order chi connectivity index (χ1) is 12.2. The highest BCUT2D eigenvalue weighted by molar-refractivity contribution is 5.54. The number of hydrogen-bond acceptors (Lipinski definition) is 3. The summed E-state index contributed by atoms with van der Waals surface area (Å²) >= 11 is 0. The van der Waals surface area contributed by atoms with E-state index < -0.39 is 11.6 Å². The molecule has 0 aliphatic heterocycles. The first-order valence-electron chi connectivity index (χ1n) is 9.12. The molecule has 1 heterocycles. The van der Waals surface area contributed by atoms with Crippen molar-refractivity contribution in [2.45, 2.75) is 51.4 Å². The molecule has 2 aromatic rings. The number of unbranched alkanes of at least 4 members (excludes halogenated alkanes) is 2. The van der Waals surface area contributed by atoms with E-state index in [4.69, 9.17) is 4.74 Å². The molecule has 134 valence electrons. The Morgan fingerprint density at radius 2 is 1.72 bits per heavy atom. The van der Waals surface area contributed by atoms with Gasteiger partial charge >= 0.3 is 0 Å².